The van der Waals surface area contributed by atoms with Gasteiger partial charge in [0.25, 0.3) is 20.7 Å². The SMILES string of the molecule is CCOc1sc(C=c2sc(=CC=C3SC=C(C)N3CCCS(=O)(=O)O)c(=O)n2C)[n+](CC)c1C. The van der Waals surface area contributed by atoms with E-state index in [2.05, 4.69) is 11.5 Å². The van der Waals surface area contributed by atoms with Gasteiger partial charge in [-0.1, -0.05) is 11.8 Å². The Morgan fingerprint density at radius 2 is 1.94 bits per heavy atom. The maximum atomic E-state index is 12.9. The third-order valence-electron chi connectivity index (χ3n) is 5.27. The lowest BCUT2D eigenvalue weighted by molar-refractivity contribution is -0.696. The topological polar surface area (TPSA) is 92.7 Å². The summed E-state index contributed by atoms with van der Waals surface area (Å²) in [6.45, 7) is 9.92. The van der Waals surface area contributed by atoms with Gasteiger partial charge in [0.15, 0.2) is 0 Å². The summed E-state index contributed by atoms with van der Waals surface area (Å²) < 4.78 is 42.1. The number of thiazole rings is 2. The van der Waals surface area contributed by atoms with Gasteiger partial charge in [-0.2, -0.15) is 13.0 Å². The molecule has 0 bridgehead atoms. The standard InChI is InChI=1S/C22H29N3O5S4/c1-6-24-16(4)22(30-7-2)33-20(24)13-19-23(5)21(26)17(32-19)9-10-18-25(15(3)14-31-18)11-8-12-34(27,28)29/h9-10,13-14H,6-8,11-12H2,1-5H3/p+1. The van der Waals surface area contributed by atoms with Crippen molar-refractivity contribution in [3.63, 3.8) is 0 Å². The Morgan fingerprint density at radius 1 is 1.21 bits per heavy atom. The smallest absolute Gasteiger partial charge is 0.268 e. The molecule has 3 rings (SSSR count). The zero-order valence-corrected chi connectivity index (χ0v) is 23.2. The van der Waals surface area contributed by atoms with E-state index in [1.165, 1.54) is 23.1 Å². The summed E-state index contributed by atoms with van der Waals surface area (Å²) in [5.74, 6) is -0.284. The van der Waals surface area contributed by atoms with Crippen molar-refractivity contribution in [2.45, 2.75) is 40.7 Å². The van der Waals surface area contributed by atoms with E-state index in [4.69, 9.17) is 9.29 Å². The van der Waals surface area contributed by atoms with Crippen LogP contribution in [0.15, 0.2) is 27.0 Å². The molecule has 1 aliphatic rings. The summed E-state index contributed by atoms with van der Waals surface area (Å²) in [6, 6.07) is 0. The predicted molar refractivity (Wildman–Crippen MR) is 140 cm³/mol. The van der Waals surface area contributed by atoms with Gasteiger partial charge in [0.1, 0.15) is 11.2 Å². The summed E-state index contributed by atoms with van der Waals surface area (Å²) in [6.07, 6.45) is 6.03. The van der Waals surface area contributed by atoms with Crippen LogP contribution < -0.4 is 24.1 Å². The maximum absolute atomic E-state index is 12.9. The Kier molecular flexibility index (Phi) is 8.85. The van der Waals surface area contributed by atoms with Gasteiger partial charge in [0.2, 0.25) is 10.8 Å². The van der Waals surface area contributed by atoms with Crippen LogP contribution in [0.25, 0.3) is 12.2 Å². The Balaban J connectivity index is 1.93. The zero-order valence-electron chi connectivity index (χ0n) is 19.9. The van der Waals surface area contributed by atoms with Crippen molar-refractivity contribution < 1.29 is 22.3 Å². The molecule has 12 heteroatoms. The number of allylic oxidation sites excluding steroid dienone is 2. The molecule has 0 atom stereocenters. The average molecular weight is 545 g/mol. The quantitative estimate of drug-likeness (QED) is 0.382. The van der Waals surface area contributed by atoms with Gasteiger partial charge >= 0.3 is 0 Å². The van der Waals surface area contributed by atoms with E-state index in [9.17, 15) is 13.2 Å². The molecule has 2 aromatic rings. The van der Waals surface area contributed by atoms with E-state index >= 15 is 0 Å². The minimum Gasteiger partial charge on any atom is -0.480 e. The van der Waals surface area contributed by atoms with Crippen LogP contribution in [0.3, 0.4) is 0 Å². The normalized spacial score (nSPS) is 16.7. The Morgan fingerprint density at radius 3 is 2.59 bits per heavy atom. The second-order valence-corrected chi connectivity index (χ2v) is 12.2. The van der Waals surface area contributed by atoms with E-state index in [-0.39, 0.29) is 11.3 Å². The van der Waals surface area contributed by atoms with E-state index in [1.54, 1.807) is 23.0 Å². The number of rotatable bonds is 9. The molecule has 0 amide bonds. The average Bonchev–Trinajstić information content (AvgIpc) is 3.36. The van der Waals surface area contributed by atoms with E-state index in [1.807, 2.05) is 49.3 Å². The largest absolute Gasteiger partial charge is 0.480 e. The number of hydrogen-bond acceptors (Lipinski definition) is 8. The predicted octanol–water partition coefficient (Wildman–Crippen LogP) is 2.16. The molecule has 0 radical (unpaired) electrons. The number of nitrogens with zero attached hydrogens (tertiary/aromatic N) is 3. The molecular formula is C22H30N3O5S4+. The molecule has 2 aromatic heterocycles. The minimum atomic E-state index is -3.98. The van der Waals surface area contributed by atoms with E-state index < -0.39 is 10.1 Å². The maximum Gasteiger partial charge on any atom is 0.268 e. The molecule has 1 aliphatic heterocycles. The van der Waals surface area contributed by atoms with Gasteiger partial charge in [-0.25, -0.2) is 0 Å². The van der Waals surface area contributed by atoms with Gasteiger partial charge in [-0.15, -0.1) is 11.3 Å². The highest BCUT2D eigenvalue weighted by Crippen LogP contribution is 2.34. The van der Waals surface area contributed by atoms with Crippen LogP contribution in [0, 0.1) is 6.92 Å². The first-order valence-electron chi connectivity index (χ1n) is 10.9. The van der Waals surface area contributed by atoms with Crippen molar-refractivity contribution >= 4 is 56.7 Å². The van der Waals surface area contributed by atoms with Gasteiger partial charge in [0.05, 0.1) is 28.0 Å². The molecule has 3 heterocycles. The lowest BCUT2D eigenvalue weighted by Crippen LogP contribution is -2.37. The van der Waals surface area contributed by atoms with Crippen molar-refractivity contribution in [2.24, 2.45) is 7.05 Å². The summed E-state index contributed by atoms with van der Waals surface area (Å²) in [5.41, 5.74) is 2.00. The lowest BCUT2D eigenvalue weighted by Gasteiger charge is -2.20. The van der Waals surface area contributed by atoms with E-state index in [0.29, 0.717) is 24.1 Å². The number of hydrogen-bond donors (Lipinski definition) is 1. The Labute approximate surface area is 211 Å². The molecule has 34 heavy (non-hydrogen) atoms. The van der Waals surface area contributed by atoms with Crippen LogP contribution in [0.4, 0.5) is 0 Å². The summed E-state index contributed by atoms with van der Waals surface area (Å²) in [5, 5.41) is 4.82. The zero-order chi connectivity index (χ0) is 25.0. The first-order chi connectivity index (χ1) is 16.1. The van der Waals surface area contributed by atoms with E-state index in [0.717, 1.165) is 37.7 Å². The van der Waals surface area contributed by atoms with Gasteiger partial charge in [-0.05, 0) is 56.1 Å². The molecule has 0 aromatic carbocycles. The number of thioether (sulfide) groups is 1. The van der Waals surface area contributed by atoms with Crippen LogP contribution in [0.5, 0.6) is 5.06 Å². The molecule has 1 N–H and O–H groups in total. The third kappa shape index (κ3) is 6.22. The molecule has 0 unspecified atom stereocenters. The molecule has 8 nitrogen and oxygen atoms in total. The highest BCUT2D eigenvalue weighted by atomic mass is 32.2. The fourth-order valence-corrected chi connectivity index (χ4v) is 7.15. The third-order valence-corrected chi connectivity index (χ3v) is 9.41. The van der Waals surface area contributed by atoms with Gasteiger partial charge in [-0.3, -0.25) is 9.35 Å². The summed E-state index contributed by atoms with van der Waals surface area (Å²) in [7, 11) is -2.21. The minimum absolute atomic E-state index is 0.0694. The fourth-order valence-electron chi connectivity index (χ4n) is 3.51. The molecular weight excluding hydrogens is 515 g/mol. The van der Waals surface area contributed by atoms with Crippen molar-refractivity contribution in [2.75, 3.05) is 18.9 Å². The van der Waals surface area contributed by atoms with Gasteiger partial charge in [0, 0.05) is 26.2 Å². The van der Waals surface area contributed by atoms with Crippen LogP contribution in [-0.4, -0.2) is 41.3 Å². The second kappa shape index (κ2) is 11.3. The second-order valence-electron chi connectivity index (χ2n) is 7.64. The molecule has 0 saturated carbocycles. The molecule has 0 saturated heterocycles. The lowest BCUT2D eigenvalue weighted by atomic mass is 10.3. The summed E-state index contributed by atoms with van der Waals surface area (Å²) in [4.78, 5) is 14.9. The highest BCUT2D eigenvalue weighted by Gasteiger charge is 2.22. The summed E-state index contributed by atoms with van der Waals surface area (Å²) >= 11 is 4.52. The van der Waals surface area contributed by atoms with Crippen molar-refractivity contribution in [1.82, 2.24) is 9.47 Å². The Bertz CT molecular complexity index is 1400. The first kappa shape index (κ1) is 26.7. The van der Waals surface area contributed by atoms with Crippen LogP contribution in [-0.2, 0) is 23.7 Å². The van der Waals surface area contributed by atoms with Crippen LogP contribution >= 0.6 is 34.4 Å². The molecule has 0 aliphatic carbocycles. The fraction of sp³-hybridized carbons (Fsp3) is 0.455. The van der Waals surface area contributed by atoms with Crippen molar-refractivity contribution in [3.05, 3.63) is 52.5 Å². The highest BCUT2D eigenvalue weighted by molar-refractivity contribution is 8.06. The molecule has 186 valence electrons. The van der Waals surface area contributed by atoms with Crippen LogP contribution in [0.2, 0.25) is 0 Å². The van der Waals surface area contributed by atoms with Crippen molar-refractivity contribution in [3.8, 4) is 5.06 Å². The van der Waals surface area contributed by atoms with Crippen molar-refractivity contribution in [1.29, 1.82) is 0 Å². The first-order valence-corrected chi connectivity index (χ1v) is 15.0. The monoisotopic (exact) mass is 544 g/mol. The van der Waals surface area contributed by atoms with Crippen LogP contribution in [0.1, 0.15) is 37.9 Å². The van der Waals surface area contributed by atoms with Gasteiger partial charge < -0.3 is 14.2 Å². The molecule has 0 fully saturated rings. The number of aromatic nitrogens is 2. The Hall–Kier alpha value is -1.86. The molecule has 0 spiro atoms. The number of ether oxygens (including phenoxy) is 1.